The standard InChI is InChI=1S/C26H17NO8/c1-9-5-11-6-10-3-4-12-19(17(10)23(31)18(11)26(33)27-9)24(32)20-21(29)13-7-14(28)16(34-2)8-15(13)35-25(20)22(12)30/h5-8,28,31H,3-4H2,1-2H3,(H,27,33). The summed E-state index contributed by atoms with van der Waals surface area (Å²) in [4.78, 5) is 55.7. The van der Waals surface area contributed by atoms with Crippen molar-refractivity contribution in [2.75, 3.05) is 7.11 Å². The Labute approximate surface area is 195 Å². The number of pyridine rings is 1. The molecule has 0 saturated carbocycles. The predicted molar refractivity (Wildman–Crippen MR) is 126 cm³/mol. The molecule has 0 fully saturated rings. The van der Waals surface area contributed by atoms with E-state index >= 15 is 0 Å². The largest absolute Gasteiger partial charge is 0.506 e. The second-order valence-electron chi connectivity index (χ2n) is 8.67. The van der Waals surface area contributed by atoms with Crippen molar-refractivity contribution >= 4 is 38.9 Å². The number of methoxy groups -OCH3 is 1. The number of benzene rings is 2. The third kappa shape index (κ3) is 2.69. The summed E-state index contributed by atoms with van der Waals surface area (Å²) < 4.78 is 10.7. The number of carbonyl (C=O) groups is 2. The molecule has 0 amide bonds. The number of phenols is 2. The first-order valence-corrected chi connectivity index (χ1v) is 10.8. The number of hydrogen-bond acceptors (Lipinski definition) is 8. The van der Waals surface area contributed by atoms with Gasteiger partial charge in [0.15, 0.2) is 17.3 Å². The number of aromatic hydroxyl groups is 2. The van der Waals surface area contributed by atoms with Gasteiger partial charge in [0.25, 0.3) is 5.56 Å². The number of aryl methyl sites for hydroxylation is 2. The van der Waals surface area contributed by atoms with Gasteiger partial charge in [-0.15, -0.1) is 0 Å². The summed E-state index contributed by atoms with van der Waals surface area (Å²) in [6.45, 7) is 1.72. The minimum absolute atomic E-state index is 0.00305. The van der Waals surface area contributed by atoms with Gasteiger partial charge in [0.2, 0.25) is 17.0 Å². The maximum atomic E-state index is 13.7. The lowest BCUT2D eigenvalue weighted by Crippen LogP contribution is -2.30. The zero-order chi connectivity index (χ0) is 24.8. The van der Waals surface area contributed by atoms with E-state index in [1.54, 1.807) is 19.1 Å². The van der Waals surface area contributed by atoms with Crippen LogP contribution >= 0.6 is 0 Å². The van der Waals surface area contributed by atoms with E-state index in [4.69, 9.17) is 9.15 Å². The molecule has 9 heteroatoms. The summed E-state index contributed by atoms with van der Waals surface area (Å²) in [6.07, 6.45) is 0.539. The van der Waals surface area contributed by atoms with Gasteiger partial charge < -0.3 is 24.4 Å². The molecule has 174 valence electrons. The lowest BCUT2D eigenvalue weighted by Gasteiger charge is -2.27. The lowest BCUT2D eigenvalue weighted by molar-refractivity contribution is 0.0963. The number of rotatable bonds is 1. The molecule has 0 unspecified atom stereocenters. The number of carbonyl (C=O) groups excluding carboxylic acids is 2. The van der Waals surface area contributed by atoms with E-state index in [0.717, 1.165) is 6.07 Å². The summed E-state index contributed by atoms with van der Waals surface area (Å²) >= 11 is 0. The summed E-state index contributed by atoms with van der Waals surface area (Å²) in [7, 11) is 1.32. The van der Waals surface area contributed by atoms with Crippen LogP contribution in [0.2, 0.25) is 0 Å². The second kappa shape index (κ2) is 6.92. The zero-order valence-corrected chi connectivity index (χ0v) is 18.6. The molecule has 0 aliphatic heterocycles. The molecule has 2 aromatic heterocycles. The van der Waals surface area contributed by atoms with E-state index in [9.17, 15) is 29.4 Å². The highest BCUT2D eigenvalue weighted by Crippen LogP contribution is 2.45. The molecule has 0 spiro atoms. The highest BCUT2D eigenvalue weighted by Gasteiger charge is 2.41. The number of aromatic nitrogens is 1. The van der Waals surface area contributed by atoms with Gasteiger partial charge in [-0.2, -0.15) is 0 Å². The Morgan fingerprint density at radius 2 is 1.74 bits per heavy atom. The number of hydrogen-bond donors (Lipinski definition) is 3. The highest BCUT2D eigenvalue weighted by atomic mass is 16.5. The normalized spacial score (nSPS) is 14.8. The van der Waals surface area contributed by atoms with Gasteiger partial charge in [0.05, 0.1) is 17.9 Å². The van der Waals surface area contributed by atoms with Gasteiger partial charge >= 0.3 is 0 Å². The first kappa shape index (κ1) is 20.9. The molecule has 0 radical (unpaired) electrons. The summed E-state index contributed by atoms with van der Waals surface area (Å²) in [6, 6.07) is 5.82. The van der Waals surface area contributed by atoms with Crippen LogP contribution in [0.5, 0.6) is 17.2 Å². The van der Waals surface area contributed by atoms with Gasteiger partial charge in [-0.1, -0.05) is 0 Å². The molecular formula is C26H17NO8. The number of allylic oxidation sites excluding steroid dienone is 2. The molecule has 0 bridgehead atoms. The topological polar surface area (TPSA) is 147 Å². The van der Waals surface area contributed by atoms with Crippen LogP contribution in [-0.2, 0) is 6.42 Å². The van der Waals surface area contributed by atoms with Crippen LogP contribution in [0.15, 0.2) is 43.8 Å². The Balaban J connectivity index is 1.67. The lowest BCUT2D eigenvalue weighted by atomic mass is 9.75. The molecule has 9 nitrogen and oxygen atoms in total. The fourth-order valence-corrected chi connectivity index (χ4v) is 5.10. The maximum Gasteiger partial charge on any atom is 0.259 e. The summed E-state index contributed by atoms with van der Waals surface area (Å²) in [5.74, 6) is -2.51. The first-order valence-electron chi connectivity index (χ1n) is 10.8. The molecule has 35 heavy (non-hydrogen) atoms. The zero-order valence-electron chi connectivity index (χ0n) is 18.6. The van der Waals surface area contributed by atoms with Crippen LogP contribution in [0.25, 0.3) is 27.3 Å². The molecule has 6 rings (SSSR count). The van der Waals surface area contributed by atoms with Crippen LogP contribution < -0.4 is 15.7 Å². The van der Waals surface area contributed by atoms with Gasteiger partial charge in [0.1, 0.15) is 16.9 Å². The predicted octanol–water partition coefficient (Wildman–Crippen LogP) is 3.14. The highest BCUT2D eigenvalue weighted by molar-refractivity contribution is 6.41. The Morgan fingerprint density at radius 1 is 0.971 bits per heavy atom. The molecule has 2 aromatic carbocycles. The van der Waals surface area contributed by atoms with Crippen molar-refractivity contribution in [2.45, 2.75) is 19.8 Å². The molecule has 0 atom stereocenters. The van der Waals surface area contributed by atoms with Crippen molar-refractivity contribution in [3.8, 4) is 17.2 Å². The first-order chi connectivity index (χ1) is 16.7. The Bertz CT molecular complexity index is 1840. The average molecular weight is 471 g/mol. The molecule has 4 aromatic rings. The maximum absolute atomic E-state index is 13.7. The molecule has 0 saturated heterocycles. The molecule has 2 aliphatic rings. The van der Waals surface area contributed by atoms with Crippen molar-refractivity contribution in [1.82, 2.24) is 4.98 Å². The van der Waals surface area contributed by atoms with Crippen molar-refractivity contribution in [3.05, 3.63) is 78.6 Å². The summed E-state index contributed by atoms with van der Waals surface area (Å²) in [5, 5.41) is 21.7. The Morgan fingerprint density at radius 3 is 2.49 bits per heavy atom. The molecular weight excluding hydrogens is 454 g/mol. The monoisotopic (exact) mass is 471 g/mol. The average Bonchev–Trinajstić information content (AvgIpc) is 2.81. The van der Waals surface area contributed by atoms with E-state index in [1.165, 1.54) is 13.2 Å². The Hall–Kier alpha value is -4.66. The fraction of sp³-hybridized carbons (Fsp3) is 0.154. The number of ether oxygens (including phenoxy) is 1. The van der Waals surface area contributed by atoms with E-state index in [-0.39, 0.29) is 51.0 Å². The number of aromatic amines is 1. The fourth-order valence-electron chi connectivity index (χ4n) is 5.10. The number of phenolic OH excluding ortho intramolecular Hbond substituents is 2. The van der Waals surface area contributed by atoms with Crippen molar-refractivity contribution in [3.63, 3.8) is 0 Å². The number of nitrogens with one attached hydrogen (secondary N) is 1. The number of fused-ring (bicyclic) bond motifs is 5. The quantitative estimate of drug-likeness (QED) is 0.384. The summed E-state index contributed by atoms with van der Waals surface area (Å²) in [5.41, 5.74) is -0.516. The van der Waals surface area contributed by atoms with Crippen LogP contribution in [-0.4, -0.2) is 33.9 Å². The number of ketones is 2. The third-order valence-electron chi connectivity index (χ3n) is 6.65. The third-order valence-corrected chi connectivity index (χ3v) is 6.65. The van der Waals surface area contributed by atoms with E-state index in [1.807, 2.05) is 0 Å². The van der Waals surface area contributed by atoms with Crippen LogP contribution in [0.1, 0.15) is 44.2 Å². The molecule has 2 aliphatic carbocycles. The van der Waals surface area contributed by atoms with Gasteiger partial charge in [-0.25, -0.2) is 0 Å². The van der Waals surface area contributed by atoms with Crippen LogP contribution in [0.3, 0.4) is 0 Å². The van der Waals surface area contributed by atoms with E-state index in [2.05, 4.69) is 4.98 Å². The molecule has 3 N–H and O–H groups in total. The van der Waals surface area contributed by atoms with Crippen LogP contribution in [0.4, 0.5) is 0 Å². The SMILES string of the molecule is COc1cc2oc3c(c(=O)c2cc1O)C(=O)C1=C(CCc2cc4cc(C)[nH]c(=O)c4c(O)c21)C3=O. The van der Waals surface area contributed by atoms with Crippen molar-refractivity contribution in [2.24, 2.45) is 0 Å². The van der Waals surface area contributed by atoms with Crippen molar-refractivity contribution in [1.29, 1.82) is 0 Å². The smallest absolute Gasteiger partial charge is 0.259 e. The van der Waals surface area contributed by atoms with E-state index < -0.39 is 39.6 Å². The minimum Gasteiger partial charge on any atom is -0.506 e. The number of Topliss-reactive ketones (excluding diaryl/α,β-unsaturated/α-hetero) is 2. The number of H-pyrrole nitrogens is 1. The molecule has 2 heterocycles. The van der Waals surface area contributed by atoms with Gasteiger partial charge in [0, 0.05) is 28.5 Å². The second-order valence-corrected chi connectivity index (χ2v) is 8.67. The van der Waals surface area contributed by atoms with E-state index in [0.29, 0.717) is 23.1 Å². The van der Waals surface area contributed by atoms with Gasteiger partial charge in [-0.3, -0.25) is 19.2 Å². The Kier molecular flexibility index (Phi) is 4.14. The van der Waals surface area contributed by atoms with Gasteiger partial charge in [-0.05, 0) is 48.9 Å². The minimum atomic E-state index is -0.787. The van der Waals surface area contributed by atoms with Crippen LogP contribution in [0, 0.1) is 6.92 Å². The van der Waals surface area contributed by atoms with Crippen molar-refractivity contribution < 1.29 is 29.0 Å².